The summed E-state index contributed by atoms with van der Waals surface area (Å²) < 4.78 is 32.2. The average molecular weight is 586 g/mol. The van der Waals surface area contributed by atoms with Crippen LogP contribution in [0.2, 0.25) is 5.02 Å². The van der Waals surface area contributed by atoms with Gasteiger partial charge in [-0.1, -0.05) is 11.6 Å². The molecule has 0 unspecified atom stereocenters. The monoisotopic (exact) mass is 585 g/mol. The molecule has 40 heavy (non-hydrogen) atoms. The number of ether oxygens (including phenoxy) is 6. The zero-order valence-electron chi connectivity index (χ0n) is 22.8. The van der Waals surface area contributed by atoms with Crippen molar-refractivity contribution in [1.82, 2.24) is 0 Å². The molecule has 2 rings (SSSR count). The van der Waals surface area contributed by atoms with Crippen LogP contribution in [0.4, 0.5) is 5.69 Å². The van der Waals surface area contributed by atoms with Gasteiger partial charge in [0.15, 0.2) is 30.8 Å². The lowest BCUT2D eigenvalue weighted by Gasteiger charge is -2.20. The minimum absolute atomic E-state index is 0.0147. The number of halogens is 1. The molecule has 0 aliphatic carbocycles. The van der Waals surface area contributed by atoms with E-state index < -0.39 is 17.7 Å². The first kappa shape index (κ1) is 32.6. The van der Waals surface area contributed by atoms with Gasteiger partial charge in [0.05, 0.1) is 24.4 Å². The molecular weight excluding hydrogens is 550 g/mol. The van der Waals surface area contributed by atoms with E-state index in [4.69, 9.17) is 50.9 Å². The number of phenols is 2. The number of benzene rings is 2. The lowest BCUT2D eigenvalue weighted by atomic mass is 9.99. The molecule has 0 aromatic heterocycles. The SMILES string of the molecule is COCOc1cc(N)c(OCOC)c(CCCCOC(=O)c2c(O)cc(O)c(Cl)c2CCCCC(=O)O)c1OC. The van der Waals surface area contributed by atoms with Crippen LogP contribution in [0, 0.1) is 0 Å². The minimum Gasteiger partial charge on any atom is -0.507 e. The Bertz CT molecular complexity index is 1160. The summed E-state index contributed by atoms with van der Waals surface area (Å²) in [5.41, 5.74) is 7.19. The third-order valence-corrected chi connectivity index (χ3v) is 6.25. The number of aromatic hydroxyl groups is 2. The van der Waals surface area contributed by atoms with Crippen molar-refractivity contribution < 1.29 is 53.3 Å². The van der Waals surface area contributed by atoms with E-state index in [0.29, 0.717) is 60.6 Å². The van der Waals surface area contributed by atoms with Gasteiger partial charge in [0.1, 0.15) is 17.1 Å². The van der Waals surface area contributed by atoms with E-state index in [1.54, 1.807) is 6.07 Å². The Balaban J connectivity index is 2.11. The van der Waals surface area contributed by atoms with Crippen molar-refractivity contribution in [3.05, 3.63) is 33.8 Å². The normalized spacial score (nSPS) is 10.8. The van der Waals surface area contributed by atoms with Gasteiger partial charge in [0.2, 0.25) is 0 Å². The van der Waals surface area contributed by atoms with Crippen LogP contribution in [0.5, 0.6) is 28.7 Å². The molecule has 0 aliphatic heterocycles. The fourth-order valence-electron chi connectivity index (χ4n) is 4.03. The van der Waals surface area contributed by atoms with Crippen LogP contribution < -0.4 is 19.9 Å². The van der Waals surface area contributed by atoms with Crippen LogP contribution in [-0.4, -0.2) is 68.8 Å². The summed E-state index contributed by atoms with van der Waals surface area (Å²) in [6.07, 6.45) is 2.22. The van der Waals surface area contributed by atoms with E-state index in [9.17, 15) is 19.8 Å². The number of methoxy groups -OCH3 is 3. The maximum atomic E-state index is 12.9. The molecule has 222 valence electrons. The molecule has 0 fully saturated rings. The third-order valence-electron chi connectivity index (χ3n) is 5.83. The maximum Gasteiger partial charge on any atom is 0.342 e. The van der Waals surface area contributed by atoms with Gasteiger partial charge >= 0.3 is 11.9 Å². The Morgan fingerprint density at radius 3 is 2.17 bits per heavy atom. The number of esters is 1. The molecule has 0 spiro atoms. The number of phenolic OH excluding ortho intramolecular Hbond substituents is 2. The number of hydrogen-bond donors (Lipinski definition) is 4. The number of anilines is 1. The molecule has 0 atom stereocenters. The van der Waals surface area contributed by atoms with Crippen molar-refractivity contribution in [2.24, 2.45) is 0 Å². The largest absolute Gasteiger partial charge is 0.507 e. The summed E-state index contributed by atoms with van der Waals surface area (Å²) in [7, 11) is 4.46. The zero-order valence-corrected chi connectivity index (χ0v) is 23.5. The molecule has 0 saturated carbocycles. The van der Waals surface area contributed by atoms with E-state index in [-0.39, 0.29) is 54.9 Å². The van der Waals surface area contributed by atoms with Gasteiger partial charge in [0.25, 0.3) is 0 Å². The Kier molecular flexibility index (Phi) is 13.4. The first-order chi connectivity index (χ1) is 19.2. The predicted molar refractivity (Wildman–Crippen MR) is 146 cm³/mol. The first-order valence-corrected chi connectivity index (χ1v) is 12.9. The number of hydrogen-bond acceptors (Lipinski definition) is 11. The van der Waals surface area contributed by atoms with Crippen LogP contribution >= 0.6 is 11.6 Å². The molecular formula is C27H36ClNO11. The highest BCUT2D eigenvalue weighted by molar-refractivity contribution is 6.33. The van der Waals surface area contributed by atoms with Crippen molar-refractivity contribution in [2.75, 3.05) is 47.3 Å². The van der Waals surface area contributed by atoms with Crippen LogP contribution in [-0.2, 0) is 31.8 Å². The Hall–Kier alpha value is -3.61. The molecule has 2 aromatic carbocycles. The van der Waals surface area contributed by atoms with Gasteiger partial charge in [-0.3, -0.25) is 4.79 Å². The van der Waals surface area contributed by atoms with E-state index in [1.165, 1.54) is 21.3 Å². The Labute approximate surface area is 237 Å². The lowest BCUT2D eigenvalue weighted by molar-refractivity contribution is -0.137. The summed E-state index contributed by atoms with van der Waals surface area (Å²) in [6, 6.07) is 2.54. The summed E-state index contributed by atoms with van der Waals surface area (Å²) in [6.45, 7) is -0.0339. The maximum absolute atomic E-state index is 12.9. The van der Waals surface area contributed by atoms with Gasteiger partial charge in [-0.05, 0) is 44.1 Å². The van der Waals surface area contributed by atoms with Crippen LogP contribution in [0.1, 0.15) is 53.6 Å². The molecule has 0 amide bonds. The molecule has 0 radical (unpaired) electrons. The first-order valence-electron chi connectivity index (χ1n) is 12.5. The fourth-order valence-corrected chi connectivity index (χ4v) is 4.28. The van der Waals surface area contributed by atoms with Crippen molar-refractivity contribution in [2.45, 2.75) is 44.9 Å². The topological polar surface area (TPSA) is 176 Å². The second-order valence-electron chi connectivity index (χ2n) is 8.68. The van der Waals surface area contributed by atoms with Crippen molar-refractivity contribution in [3.63, 3.8) is 0 Å². The quantitative estimate of drug-likeness (QED) is 0.0846. The number of rotatable bonds is 18. The Morgan fingerprint density at radius 2 is 1.52 bits per heavy atom. The molecule has 12 nitrogen and oxygen atoms in total. The summed E-state index contributed by atoms with van der Waals surface area (Å²) in [5.74, 6) is -1.44. The number of carbonyl (C=O) groups is 2. The van der Waals surface area contributed by atoms with E-state index in [0.717, 1.165) is 6.07 Å². The second-order valence-corrected chi connectivity index (χ2v) is 9.06. The standard InChI is InChI=1S/C27H36ClNO11/c1-35-14-39-21-12-18(29)25(40-15-36-2)17(26(21)37-3)9-6-7-11-38-27(34)23-16(8-4-5-10-22(32)33)24(28)20(31)13-19(23)30/h12-13,30-31H,4-11,14-15,29H2,1-3H3,(H,32,33). The van der Waals surface area contributed by atoms with Crippen LogP contribution in [0.15, 0.2) is 12.1 Å². The van der Waals surface area contributed by atoms with Crippen molar-refractivity contribution in [3.8, 4) is 28.7 Å². The smallest absolute Gasteiger partial charge is 0.342 e. The third kappa shape index (κ3) is 8.97. The van der Waals surface area contributed by atoms with Gasteiger partial charge in [-0.15, -0.1) is 0 Å². The van der Waals surface area contributed by atoms with Gasteiger partial charge in [-0.25, -0.2) is 4.79 Å². The minimum atomic E-state index is -0.948. The van der Waals surface area contributed by atoms with E-state index >= 15 is 0 Å². The highest BCUT2D eigenvalue weighted by Gasteiger charge is 2.24. The lowest BCUT2D eigenvalue weighted by Crippen LogP contribution is -2.11. The Morgan fingerprint density at radius 1 is 0.875 bits per heavy atom. The number of nitrogen functional groups attached to an aromatic ring is 1. The zero-order chi connectivity index (χ0) is 29.7. The van der Waals surface area contributed by atoms with Gasteiger partial charge in [0, 0.05) is 38.3 Å². The number of carboxylic acid groups (broad SMARTS) is 1. The van der Waals surface area contributed by atoms with Crippen molar-refractivity contribution >= 4 is 29.2 Å². The summed E-state index contributed by atoms with van der Waals surface area (Å²) in [4.78, 5) is 23.7. The van der Waals surface area contributed by atoms with Crippen LogP contribution in [0.3, 0.4) is 0 Å². The molecule has 5 N–H and O–H groups in total. The molecule has 0 heterocycles. The number of carbonyl (C=O) groups excluding carboxylic acids is 1. The summed E-state index contributed by atoms with van der Waals surface area (Å²) in [5, 5.41) is 29.1. The van der Waals surface area contributed by atoms with E-state index in [1.807, 2.05) is 0 Å². The number of aliphatic carboxylic acids is 1. The molecule has 13 heteroatoms. The average Bonchev–Trinajstić information content (AvgIpc) is 2.91. The number of nitrogens with two attached hydrogens (primary N) is 1. The van der Waals surface area contributed by atoms with Crippen LogP contribution in [0.25, 0.3) is 0 Å². The molecule has 0 aliphatic rings. The summed E-state index contributed by atoms with van der Waals surface area (Å²) >= 11 is 6.20. The second kappa shape index (κ2) is 16.5. The number of unbranched alkanes of at least 4 members (excludes halogenated alkanes) is 2. The highest BCUT2D eigenvalue weighted by Crippen LogP contribution is 2.43. The van der Waals surface area contributed by atoms with Crippen molar-refractivity contribution in [1.29, 1.82) is 0 Å². The molecule has 0 bridgehead atoms. The number of carboxylic acids is 1. The highest BCUT2D eigenvalue weighted by atomic mass is 35.5. The van der Waals surface area contributed by atoms with E-state index in [2.05, 4.69) is 0 Å². The fraction of sp³-hybridized carbons (Fsp3) is 0.481. The van der Waals surface area contributed by atoms with Gasteiger partial charge < -0.3 is 49.5 Å². The predicted octanol–water partition coefficient (Wildman–Crippen LogP) is 4.28. The molecule has 0 saturated heterocycles. The van der Waals surface area contributed by atoms with Gasteiger partial charge in [-0.2, -0.15) is 0 Å². The molecule has 2 aromatic rings.